The van der Waals surface area contributed by atoms with E-state index in [4.69, 9.17) is 5.11 Å². The molecule has 7 heteroatoms. The van der Waals surface area contributed by atoms with E-state index in [1.54, 1.807) is 0 Å². The first-order valence-corrected chi connectivity index (χ1v) is 9.22. The summed E-state index contributed by atoms with van der Waals surface area (Å²) in [5.41, 5.74) is 1.08. The number of anilines is 2. The topological polar surface area (TPSA) is 81.6 Å². The Bertz CT molecular complexity index is 623. The van der Waals surface area contributed by atoms with Gasteiger partial charge in [0.1, 0.15) is 5.82 Å². The summed E-state index contributed by atoms with van der Waals surface area (Å²) in [5, 5.41) is 12.2. The first kappa shape index (κ1) is 17.9. The van der Waals surface area contributed by atoms with Crippen molar-refractivity contribution < 1.29 is 9.90 Å². The lowest BCUT2D eigenvalue weighted by molar-refractivity contribution is -0.138. The number of nitrogens with one attached hydrogen (secondary N) is 1. The van der Waals surface area contributed by atoms with Gasteiger partial charge in [-0.15, -0.1) is 0 Å². The van der Waals surface area contributed by atoms with Crippen LogP contribution in [0.1, 0.15) is 37.8 Å². The fourth-order valence-electron chi connectivity index (χ4n) is 4.10. The van der Waals surface area contributed by atoms with E-state index in [1.807, 2.05) is 24.9 Å². The second-order valence-electron chi connectivity index (χ2n) is 7.36. The second kappa shape index (κ2) is 7.56. The molecule has 25 heavy (non-hydrogen) atoms. The summed E-state index contributed by atoms with van der Waals surface area (Å²) in [6.07, 6.45) is 4.42. The van der Waals surface area contributed by atoms with Crippen LogP contribution < -0.4 is 10.2 Å². The van der Waals surface area contributed by atoms with Crippen LogP contribution in [0.5, 0.6) is 0 Å². The van der Waals surface area contributed by atoms with Gasteiger partial charge in [0.2, 0.25) is 11.9 Å². The smallest absolute Gasteiger partial charge is 0.227 e. The minimum atomic E-state index is 0.120. The third kappa shape index (κ3) is 4.03. The monoisotopic (exact) mass is 347 g/mol. The largest absolute Gasteiger partial charge is 0.396 e. The molecular weight excluding hydrogens is 318 g/mol. The molecule has 2 saturated heterocycles. The number of aliphatic hydroxyl groups is 1. The maximum Gasteiger partial charge on any atom is 0.227 e. The van der Waals surface area contributed by atoms with E-state index in [1.165, 1.54) is 0 Å². The molecule has 0 aromatic carbocycles. The van der Waals surface area contributed by atoms with Crippen molar-refractivity contribution in [2.75, 3.05) is 50.1 Å². The third-order valence-corrected chi connectivity index (χ3v) is 5.38. The van der Waals surface area contributed by atoms with Crippen LogP contribution in [-0.2, 0) is 4.79 Å². The van der Waals surface area contributed by atoms with Crippen molar-refractivity contribution >= 4 is 17.7 Å². The SMILES string of the molecule is CNc1cc(C)nc(N2CCCC3(CCC(=O)N(CCCO)C3)C2)n1. The van der Waals surface area contributed by atoms with Crippen molar-refractivity contribution in [1.82, 2.24) is 14.9 Å². The average Bonchev–Trinajstić information content (AvgIpc) is 2.62. The number of nitrogens with zero attached hydrogens (tertiary/aromatic N) is 4. The van der Waals surface area contributed by atoms with E-state index in [0.717, 1.165) is 56.4 Å². The van der Waals surface area contributed by atoms with Gasteiger partial charge in [0.25, 0.3) is 0 Å². The summed E-state index contributed by atoms with van der Waals surface area (Å²) in [7, 11) is 1.87. The summed E-state index contributed by atoms with van der Waals surface area (Å²) in [6, 6.07) is 1.94. The molecule has 0 saturated carbocycles. The normalized spacial score (nSPS) is 24.0. The van der Waals surface area contributed by atoms with E-state index in [9.17, 15) is 4.79 Å². The van der Waals surface area contributed by atoms with Crippen LogP contribution in [0, 0.1) is 12.3 Å². The minimum Gasteiger partial charge on any atom is -0.396 e. The molecule has 0 radical (unpaired) electrons. The molecule has 2 aliphatic heterocycles. The Morgan fingerprint density at radius 3 is 2.92 bits per heavy atom. The molecule has 1 unspecified atom stereocenters. The van der Waals surface area contributed by atoms with Crippen molar-refractivity contribution in [2.45, 2.75) is 39.0 Å². The molecule has 1 aromatic rings. The zero-order chi connectivity index (χ0) is 17.9. The van der Waals surface area contributed by atoms with Crippen LogP contribution in [0.15, 0.2) is 6.07 Å². The number of likely N-dealkylation sites (tertiary alicyclic amines) is 1. The molecule has 1 atom stereocenters. The van der Waals surface area contributed by atoms with Crippen molar-refractivity contribution in [1.29, 1.82) is 0 Å². The summed E-state index contributed by atoms with van der Waals surface area (Å²) in [5.74, 6) is 1.84. The van der Waals surface area contributed by atoms with Gasteiger partial charge in [-0.25, -0.2) is 4.98 Å². The first-order valence-electron chi connectivity index (χ1n) is 9.22. The zero-order valence-electron chi connectivity index (χ0n) is 15.3. The number of carbonyl (C=O) groups excluding carboxylic acids is 1. The van der Waals surface area contributed by atoms with Gasteiger partial charge in [-0.2, -0.15) is 4.98 Å². The summed E-state index contributed by atoms with van der Waals surface area (Å²) >= 11 is 0. The Morgan fingerprint density at radius 1 is 1.32 bits per heavy atom. The quantitative estimate of drug-likeness (QED) is 0.838. The lowest BCUT2D eigenvalue weighted by Crippen LogP contribution is -2.54. The zero-order valence-corrected chi connectivity index (χ0v) is 15.3. The minimum absolute atomic E-state index is 0.120. The van der Waals surface area contributed by atoms with Crippen LogP contribution in [0.2, 0.25) is 0 Å². The van der Waals surface area contributed by atoms with Crippen LogP contribution >= 0.6 is 0 Å². The van der Waals surface area contributed by atoms with E-state index >= 15 is 0 Å². The third-order valence-electron chi connectivity index (χ3n) is 5.38. The number of aromatic nitrogens is 2. The van der Waals surface area contributed by atoms with E-state index in [-0.39, 0.29) is 17.9 Å². The molecule has 138 valence electrons. The number of hydrogen-bond acceptors (Lipinski definition) is 6. The van der Waals surface area contributed by atoms with Crippen molar-refractivity contribution in [2.24, 2.45) is 5.41 Å². The number of hydrogen-bond donors (Lipinski definition) is 2. The Balaban J connectivity index is 1.76. The average molecular weight is 347 g/mol. The highest BCUT2D eigenvalue weighted by Gasteiger charge is 2.42. The van der Waals surface area contributed by atoms with E-state index in [0.29, 0.717) is 19.4 Å². The highest BCUT2D eigenvalue weighted by atomic mass is 16.3. The molecule has 2 aliphatic rings. The standard InChI is InChI=1S/C18H29N5O2/c1-14-11-15(19-2)21-17(20-14)23-8-3-6-18(13-23)7-5-16(25)22(12-18)9-4-10-24/h11,24H,3-10,12-13H2,1-2H3,(H,19,20,21). The highest BCUT2D eigenvalue weighted by molar-refractivity contribution is 5.77. The molecule has 1 amide bonds. The summed E-state index contributed by atoms with van der Waals surface area (Å²) < 4.78 is 0. The summed E-state index contributed by atoms with van der Waals surface area (Å²) in [4.78, 5) is 25.7. The Morgan fingerprint density at radius 2 is 2.16 bits per heavy atom. The molecule has 3 rings (SSSR count). The fraction of sp³-hybridized carbons (Fsp3) is 0.722. The lowest BCUT2D eigenvalue weighted by Gasteiger charge is -2.48. The fourth-order valence-corrected chi connectivity index (χ4v) is 4.10. The van der Waals surface area contributed by atoms with Crippen LogP contribution in [0.4, 0.5) is 11.8 Å². The van der Waals surface area contributed by atoms with E-state index < -0.39 is 0 Å². The lowest BCUT2D eigenvalue weighted by atomic mass is 9.73. The predicted molar refractivity (Wildman–Crippen MR) is 97.7 cm³/mol. The number of aryl methyl sites for hydroxylation is 1. The van der Waals surface area contributed by atoms with Gasteiger partial charge in [0.05, 0.1) is 0 Å². The van der Waals surface area contributed by atoms with Crippen molar-refractivity contribution in [3.05, 3.63) is 11.8 Å². The van der Waals surface area contributed by atoms with Crippen molar-refractivity contribution in [3.63, 3.8) is 0 Å². The first-order chi connectivity index (χ1) is 12.0. The van der Waals surface area contributed by atoms with E-state index in [2.05, 4.69) is 20.2 Å². The molecule has 7 nitrogen and oxygen atoms in total. The highest BCUT2D eigenvalue weighted by Crippen LogP contribution is 2.39. The number of rotatable bonds is 5. The van der Waals surface area contributed by atoms with Crippen LogP contribution in [0.25, 0.3) is 0 Å². The Labute approximate surface area is 149 Å². The number of carbonyl (C=O) groups is 1. The molecule has 2 fully saturated rings. The number of aliphatic hydroxyl groups excluding tert-OH is 1. The van der Waals surface area contributed by atoms with Gasteiger partial charge >= 0.3 is 0 Å². The Hall–Kier alpha value is -1.89. The molecule has 0 bridgehead atoms. The molecule has 2 N–H and O–H groups in total. The Kier molecular flexibility index (Phi) is 5.42. The van der Waals surface area contributed by atoms with Gasteiger partial charge < -0.3 is 20.2 Å². The number of piperidine rings is 2. The number of amides is 1. The second-order valence-corrected chi connectivity index (χ2v) is 7.36. The van der Waals surface area contributed by atoms with Gasteiger partial charge in [0, 0.05) is 63.4 Å². The van der Waals surface area contributed by atoms with Crippen LogP contribution in [0.3, 0.4) is 0 Å². The van der Waals surface area contributed by atoms with Gasteiger partial charge in [-0.1, -0.05) is 0 Å². The van der Waals surface area contributed by atoms with Gasteiger partial charge in [-0.3, -0.25) is 4.79 Å². The molecule has 0 aliphatic carbocycles. The molecule has 1 spiro atoms. The maximum absolute atomic E-state index is 12.2. The molecule has 3 heterocycles. The van der Waals surface area contributed by atoms with Crippen LogP contribution in [-0.4, -0.2) is 65.7 Å². The predicted octanol–water partition coefficient (Wildman–Crippen LogP) is 1.42. The molecule has 1 aromatic heterocycles. The summed E-state index contributed by atoms with van der Waals surface area (Å²) in [6.45, 7) is 5.41. The van der Waals surface area contributed by atoms with Gasteiger partial charge in [-0.05, 0) is 32.6 Å². The molecular formula is C18H29N5O2. The van der Waals surface area contributed by atoms with Crippen molar-refractivity contribution in [3.8, 4) is 0 Å². The maximum atomic E-state index is 12.2. The van der Waals surface area contributed by atoms with Gasteiger partial charge in [0.15, 0.2) is 0 Å².